The minimum atomic E-state index is -0.513. The second kappa shape index (κ2) is 7.18. The Balaban J connectivity index is 1.61. The zero-order valence-electron chi connectivity index (χ0n) is 12.3. The van der Waals surface area contributed by atoms with Gasteiger partial charge < -0.3 is 10.1 Å². The van der Waals surface area contributed by atoms with E-state index >= 15 is 0 Å². The molecule has 1 amide bonds. The summed E-state index contributed by atoms with van der Waals surface area (Å²) in [4.78, 5) is 16.2. The molecule has 0 radical (unpaired) electrons. The average Bonchev–Trinajstić information content (AvgIpc) is 3.06. The van der Waals surface area contributed by atoms with Gasteiger partial charge in [0.1, 0.15) is 34.7 Å². The number of hydrogen-bond donors (Lipinski definition) is 1. The van der Waals surface area contributed by atoms with Crippen LogP contribution in [0.1, 0.15) is 15.5 Å². The maximum Gasteiger partial charge on any atom is 0.275 e. The smallest absolute Gasteiger partial charge is 0.275 e. The van der Waals surface area contributed by atoms with Crippen molar-refractivity contribution in [2.24, 2.45) is 0 Å². The van der Waals surface area contributed by atoms with Crippen LogP contribution in [0, 0.1) is 11.6 Å². The van der Waals surface area contributed by atoms with E-state index in [0.29, 0.717) is 10.8 Å². The second-order valence-corrected chi connectivity index (χ2v) is 5.75. The number of nitrogens with one attached hydrogen (secondary N) is 1. The Morgan fingerprint density at radius 3 is 2.62 bits per heavy atom. The number of carbonyl (C=O) groups is 1. The van der Waals surface area contributed by atoms with Gasteiger partial charge in [0.15, 0.2) is 0 Å². The molecule has 0 saturated carbocycles. The Kier molecular flexibility index (Phi) is 4.81. The highest BCUT2D eigenvalue weighted by atomic mass is 32.1. The van der Waals surface area contributed by atoms with E-state index in [4.69, 9.17) is 4.74 Å². The standard InChI is InChI=1S/C17H12F2N2O2S/c18-11-5-7-12(8-6-11)23-9-16-20-15(10-24-16)17(22)21-14-4-2-1-3-13(14)19/h1-8,10H,9H2,(H,21,22). The fourth-order valence-corrected chi connectivity index (χ4v) is 2.59. The third-order valence-corrected chi connectivity index (χ3v) is 3.90. The molecule has 4 nitrogen and oxygen atoms in total. The molecule has 0 bridgehead atoms. The minimum absolute atomic E-state index is 0.0969. The average molecular weight is 346 g/mol. The molecule has 0 atom stereocenters. The van der Waals surface area contributed by atoms with Crippen molar-refractivity contribution in [1.29, 1.82) is 0 Å². The normalized spacial score (nSPS) is 10.4. The van der Waals surface area contributed by atoms with Crippen LogP contribution in [0.2, 0.25) is 0 Å². The number of hydrogen-bond acceptors (Lipinski definition) is 4. The van der Waals surface area contributed by atoms with Crippen LogP contribution in [0.5, 0.6) is 5.75 Å². The Morgan fingerprint density at radius 2 is 1.88 bits per heavy atom. The largest absolute Gasteiger partial charge is 0.486 e. The molecule has 0 aliphatic heterocycles. The van der Waals surface area contributed by atoms with Crippen LogP contribution in [0.25, 0.3) is 0 Å². The lowest BCUT2D eigenvalue weighted by Gasteiger charge is -2.04. The van der Waals surface area contributed by atoms with Gasteiger partial charge >= 0.3 is 0 Å². The van der Waals surface area contributed by atoms with Gasteiger partial charge in [0.2, 0.25) is 0 Å². The quantitative estimate of drug-likeness (QED) is 0.751. The van der Waals surface area contributed by atoms with Crippen molar-refractivity contribution in [3.63, 3.8) is 0 Å². The van der Waals surface area contributed by atoms with Crippen LogP contribution in [0.15, 0.2) is 53.9 Å². The van der Waals surface area contributed by atoms with Crippen molar-refractivity contribution in [1.82, 2.24) is 4.98 Å². The molecule has 1 aromatic heterocycles. The summed E-state index contributed by atoms with van der Waals surface area (Å²) in [5.74, 6) is -0.849. The highest BCUT2D eigenvalue weighted by Crippen LogP contribution is 2.18. The van der Waals surface area contributed by atoms with E-state index in [-0.39, 0.29) is 23.8 Å². The summed E-state index contributed by atoms with van der Waals surface area (Å²) >= 11 is 1.25. The highest BCUT2D eigenvalue weighted by Gasteiger charge is 2.13. The Labute approximate surface area is 140 Å². The molecular formula is C17H12F2N2O2S. The third-order valence-electron chi connectivity index (χ3n) is 3.08. The van der Waals surface area contributed by atoms with E-state index in [1.165, 1.54) is 47.7 Å². The molecule has 0 saturated heterocycles. The van der Waals surface area contributed by atoms with Crippen LogP contribution >= 0.6 is 11.3 Å². The number of halogens is 2. The van der Waals surface area contributed by atoms with Crippen molar-refractivity contribution in [3.8, 4) is 5.75 Å². The zero-order chi connectivity index (χ0) is 16.9. The number of benzene rings is 2. The molecule has 0 spiro atoms. The number of rotatable bonds is 5. The van der Waals surface area contributed by atoms with E-state index in [1.54, 1.807) is 17.5 Å². The summed E-state index contributed by atoms with van der Waals surface area (Å²) in [6.45, 7) is 0.156. The summed E-state index contributed by atoms with van der Waals surface area (Å²) in [5, 5.41) is 4.62. The molecule has 7 heteroatoms. The van der Waals surface area contributed by atoms with Gasteiger partial charge in [-0.2, -0.15) is 0 Å². The van der Waals surface area contributed by atoms with Gasteiger partial charge in [0.05, 0.1) is 5.69 Å². The lowest BCUT2D eigenvalue weighted by molar-refractivity contribution is 0.102. The van der Waals surface area contributed by atoms with E-state index in [2.05, 4.69) is 10.3 Å². The van der Waals surface area contributed by atoms with Gasteiger partial charge in [-0.25, -0.2) is 13.8 Å². The van der Waals surface area contributed by atoms with Crippen LogP contribution in [0.4, 0.5) is 14.5 Å². The Bertz CT molecular complexity index is 850. The lowest BCUT2D eigenvalue weighted by Crippen LogP contribution is -2.13. The summed E-state index contributed by atoms with van der Waals surface area (Å²) in [7, 11) is 0. The molecule has 0 unspecified atom stereocenters. The predicted molar refractivity (Wildman–Crippen MR) is 87.2 cm³/mol. The van der Waals surface area contributed by atoms with Gasteiger partial charge in [-0.05, 0) is 36.4 Å². The topological polar surface area (TPSA) is 51.2 Å². The molecule has 0 fully saturated rings. The Morgan fingerprint density at radius 1 is 1.12 bits per heavy atom. The highest BCUT2D eigenvalue weighted by molar-refractivity contribution is 7.09. The molecule has 0 aliphatic carbocycles. The maximum absolute atomic E-state index is 13.5. The number of nitrogens with zero attached hydrogens (tertiary/aromatic N) is 1. The fraction of sp³-hybridized carbons (Fsp3) is 0.0588. The SMILES string of the molecule is O=C(Nc1ccccc1F)c1csc(COc2ccc(F)cc2)n1. The number of anilines is 1. The van der Waals surface area contributed by atoms with Gasteiger partial charge in [-0.15, -0.1) is 11.3 Å². The zero-order valence-corrected chi connectivity index (χ0v) is 13.1. The van der Waals surface area contributed by atoms with Crippen molar-refractivity contribution in [2.45, 2.75) is 6.61 Å². The van der Waals surface area contributed by atoms with Gasteiger partial charge in [0.25, 0.3) is 5.91 Å². The molecule has 3 rings (SSSR count). The number of ether oxygens (including phenoxy) is 1. The van der Waals surface area contributed by atoms with Gasteiger partial charge in [0, 0.05) is 5.38 Å². The summed E-state index contributed by atoms with van der Waals surface area (Å²) in [5.41, 5.74) is 0.278. The monoisotopic (exact) mass is 346 g/mol. The van der Waals surface area contributed by atoms with Crippen molar-refractivity contribution < 1.29 is 18.3 Å². The van der Waals surface area contributed by atoms with Gasteiger partial charge in [-0.3, -0.25) is 4.79 Å². The Hall–Kier alpha value is -2.80. The lowest BCUT2D eigenvalue weighted by atomic mass is 10.3. The molecular weight excluding hydrogens is 334 g/mol. The summed E-state index contributed by atoms with van der Waals surface area (Å²) in [6, 6.07) is 11.5. The molecule has 122 valence electrons. The summed E-state index contributed by atoms with van der Waals surface area (Å²) < 4.78 is 31.8. The molecule has 24 heavy (non-hydrogen) atoms. The first-order chi connectivity index (χ1) is 11.6. The van der Waals surface area contributed by atoms with E-state index in [1.807, 2.05) is 0 Å². The van der Waals surface area contributed by atoms with Crippen LogP contribution in [-0.4, -0.2) is 10.9 Å². The summed E-state index contributed by atoms with van der Waals surface area (Å²) in [6.07, 6.45) is 0. The van der Waals surface area contributed by atoms with Crippen molar-refractivity contribution in [3.05, 3.63) is 76.2 Å². The predicted octanol–water partition coefficient (Wildman–Crippen LogP) is 4.25. The second-order valence-electron chi connectivity index (χ2n) is 4.80. The maximum atomic E-state index is 13.5. The van der Waals surface area contributed by atoms with Crippen LogP contribution < -0.4 is 10.1 Å². The molecule has 1 N–H and O–H groups in total. The van der Waals surface area contributed by atoms with Crippen LogP contribution in [0.3, 0.4) is 0 Å². The number of para-hydroxylation sites is 1. The number of amides is 1. The minimum Gasteiger partial charge on any atom is -0.486 e. The third kappa shape index (κ3) is 3.94. The molecule has 0 aliphatic rings. The first-order valence-electron chi connectivity index (χ1n) is 7.00. The van der Waals surface area contributed by atoms with Gasteiger partial charge in [-0.1, -0.05) is 12.1 Å². The number of thiazole rings is 1. The molecule has 2 aromatic carbocycles. The first kappa shape index (κ1) is 16.1. The molecule has 1 heterocycles. The number of carbonyl (C=O) groups excluding carboxylic acids is 1. The fourth-order valence-electron chi connectivity index (χ4n) is 1.91. The van der Waals surface area contributed by atoms with Crippen molar-refractivity contribution in [2.75, 3.05) is 5.32 Å². The van der Waals surface area contributed by atoms with E-state index in [9.17, 15) is 13.6 Å². The molecule has 3 aromatic rings. The van der Waals surface area contributed by atoms with E-state index in [0.717, 1.165) is 0 Å². The van der Waals surface area contributed by atoms with Crippen LogP contribution in [-0.2, 0) is 6.61 Å². The number of aromatic nitrogens is 1. The van der Waals surface area contributed by atoms with Crippen molar-refractivity contribution >= 4 is 22.9 Å². The van der Waals surface area contributed by atoms with E-state index < -0.39 is 11.7 Å². The first-order valence-corrected chi connectivity index (χ1v) is 7.88.